The third kappa shape index (κ3) is 4.02. The number of rotatable bonds is 5. The van der Waals surface area contributed by atoms with E-state index in [9.17, 15) is 4.39 Å². The van der Waals surface area contributed by atoms with Gasteiger partial charge in [0.15, 0.2) is 17.7 Å². The van der Waals surface area contributed by atoms with E-state index in [1.165, 1.54) is 18.9 Å². The Balaban J connectivity index is 1.67. The first kappa shape index (κ1) is 17.1. The summed E-state index contributed by atoms with van der Waals surface area (Å²) in [5.41, 5.74) is 0. The Morgan fingerprint density at radius 1 is 1.38 bits per heavy atom. The molecule has 3 rings (SSSR count). The SMILES string of the molecule is CC1CCN(Cn2nc([C@@H](C)Oc3ccccc3F)oc2=S)CC1. The summed E-state index contributed by atoms with van der Waals surface area (Å²) in [5, 5.41) is 4.41. The predicted molar refractivity (Wildman–Crippen MR) is 90.7 cm³/mol. The number of para-hydroxylation sites is 1. The van der Waals surface area contributed by atoms with Crippen molar-refractivity contribution in [1.82, 2.24) is 14.7 Å². The van der Waals surface area contributed by atoms with Crippen LogP contribution in [0.5, 0.6) is 5.75 Å². The molecule has 130 valence electrons. The monoisotopic (exact) mass is 351 g/mol. The van der Waals surface area contributed by atoms with Crippen molar-refractivity contribution in [3.05, 3.63) is 40.8 Å². The number of hydrogen-bond donors (Lipinski definition) is 0. The van der Waals surface area contributed by atoms with Crippen molar-refractivity contribution in [1.29, 1.82) is 0 Å². The van der Waals surface area contributed by atoms with Crippen LogP contribution in [0.3, 0.4) is 0 Å². The summed E-state index contributed by atoms with van der Waals surface area (Å²) in [6.07, 6.45) is 1.85. The summed E-state index contributed by atoms with van der Waals surface area (Å²) in [5.74, 6) is 0.889. The smallest absolute Gasteiger partial charge is 0.288 e. The van der Waals surface area contributed by atoms with Crippen molar-refractivity contribution in [2.45, 2.75) is 39.5 Å². The quantitative estimate of drug-likeness (QED) is 0.756. The molecule has 1 aromatic carbocycles. The van der Waals surface area contributed by atoms with E-state index in [-0.39, 0.29) is 5.75 Å². The van der Waals surface area contributed by atoms with Crippen molar-refractivity contribution in [3.8, 4) is 5.75 Å². The fourth-order valence-corrected chi connectivity index (χ4v) is 2.93. The molecule has 1 aliphatic heterocycles. The summed E-state index contributed by atoms with van der Waals surface area (Å²) >= 11 is 5.25. The second-order valence-electron chi connectivity index (χ2n) is 6.34. The first-order valence-electron chi connectivity index (χ1n) is 8.24. The third-order valence-electron chi connectivity index (χ3n) is 4.32. The van der Waals surface area contributed by atoms with Crippen LogP contribution in [0.15, 0.2) is 28.7 Å². The Bertz CT molecular complexity index is 737. The summed E-state index contributed by atoms with van der Waals surface area (Å²) in [6.45, 7) is 6.72. The molecule has 0 N–H and O–H groups in total. The lowest BCUT2D eigenvalue weighted by Crippen LogP contribution is -2.34. The number of halogens is 1. The maximum absolute atomic E-state index is 13.7. The molecule has 2 heterocycles. The Morgan fingerprint density at radius 3 is 2.79 bits per heavy atom. The van der Waals surface area contributed by atoms with Crippen LogP contribution in [0, 0.1) is 16.6 Å². The Hall–Kier alpha value is -1.73. The topological polar surface area (TPSA) is 43.4 Å². The van der Waals surface area contributed by atoms with Crippen molar-refractivity contribution in [3.63, 3.8) is 0 Å². The molecule has 0 bridgehead atoms. The van der Waals surface area contributed by atoms with Gasteiger partial charge in [-0.25, -0.2) is 9.07 Å². The Morgan fingerprint density at radius 2 is 2.08 bits per heavy atom. The lowest BCUT2D eigenvalue weighted by molar-refractivity contribution is 0.144. The van der Waals surface area contributed by atoms with Crippen molar-refractivity contribution in [2.75, 3.05) is 13.1 Å². The van der Waals surface area contributed by atoms with Gasteiger partial charge >= 0.3 is 0 Å². The highest BCUT2D eigenvalue weighted by Gasteiger charge is 2.20. The van der Waals surface area contributed by atoms with Gasteiger partial charge in [0.1, 0.15) is 0 Å². The van der Waals surface area contributed by atoms with Gasteiger partial charge in [-0.1, -0.05) is 19.1 Å². The minimum Gasteiger partial charge on any atom is -0.478 e. The van der Waals surface area contributed by atoms with Gasteiger partial charge in [0.05, 0.1) is 6.67 Å². The van der Waals surface area contributed by atoms with Gasteiger partial charge in [0.2, 0.25) is 0 Å². The average Bonchev–Trinajstić information content (AvgIpc) is 2.93. The van der Waals surface area contributed by atoms with E-state index in [0.29, 0.717) is 17.4 Å². The number of nitrogens with zero attached hydrogens (tertiary/aromatic N) is 3. The molecule has 5 nitrogen and oxygen atoms in total. The van der Waals surface area contributed by atoms with Gasteiger partial charge < -0.3 is 9.15 Å². The number of piperidine rings is 1. The van der Waals surface area contributed by atoms with Gasteiger partial charge in [-0.15, -0.1) is 5.10 Å². The zero-order valence-electron chi connectivity index (χ0n) is 13.9. The average molecular weight is 351 g/mol. The van der Waals surface area contributed by atoms with E-state index in [2.05, 4.69) is 16.9 Å². The van der Waals surface area contributed by atoms with Crippen LogP contribution in [0.2, 0.25) is 0 Å². The second-order valence-corrected chi connectivity index (χ2v) is 6.69. The maximum atomic E-state index is 13.7. The molecule has 0 unspecified atom stereocenters. The van der Waals surface area contributed by atoms with E-state index < -0.39 is 11.9 Å². The Labute approximate surface area is 146 Å². The molecule has 0 saturated carbocycles. The van der Waals surface area contributed by atoms with Crippen LogP contribution >= 0.6 is 12.2 Å². The van der Waals surface area contributed by atoms with Crippen molar-refractivity contribution in [2.24, 2.45) is 5.92 Å². The molecule has 0 amide bonds. The van der Waals surface area contributed by atoms with Gasteiger partial charge in [-0.3, -0.25) is 4.90 Å². The molecule has 1 atom stereocenters. The van der Waals surface area contributed by atoms with Gasteiger partial charge in [-0.05, 0) is 50.0 Å². The number of hydrogen-bond acceptors (Lipinski definition) is 5. The molecular formula is C17H22FN3O2S. The first-order chi connectivity index (χ1) is 11.5. The Kier molecular flexibility index (Phi) is 5.30. The predicted octanol–water partition coefficient (Wildman–Crippen LogP) is 4.17. The zero-order valence-corrected chi connectivity index (χ0v) is 14.8. The van der Waals surface area contributed by atoms with Crippen molar-refractivity contribution >= 4 is 12.2 Å². The molecule has 0 radical (unpaired) electrons. The highest BCUT2D eigenvalue weighted by molar-refractivity contribution is 7.71. The normalized spacial score (nSPS) is 17.8. The highest BCUT2D eigenvalue weighted by Crippen LogP contribution is 2.24. The van der Waals surface area contributed by atoms with Crippen molar-refractivity contribution < 1.29 is 13.5 Å². The molecule has 1 fully saturated rings. The van der Waals surface area contributed by atoms with E-state index in [4.69, 9.17) is 21.4 Å². The summed E-state index contributed by atoms with van der Waals surface area (Å²) in [7, 11) is 0. The molecule has 1 aliphatic rings. The van der Waals surface area contributed by atoms with Crippen LogP contribution < -0.4 is 4.74 Å². The second kappa shape index (κ2) is 7.44. The third-order valence-corrected chi connectivity index (χ3v) is 4.61. The molecule has 7 heteroatoms. The highest BCUT2D eigenvalue weighted by atomic mass is 32.1. The molecule has 1 saturated heterocycles. The van der Waals surface area contributed by atoms with Gasteiger partial charge in [-0.2, -0.15) is 0 Å². The van der Waals surface area contributed by atoms with Crippen LogP contribution in [-0.4, -0.2) is 27.8 Å². The van der Waals surface area contributed by atoms with Crippen LogP contribution in [-0.2, 0) is 6.67 Å². The van der Waals surface area contributed by atoms with E-state index in [1.807, 2.05) is 0 Å². The van der Waals surface area contributed by atoms with E-state index in [1.54, 1.807) is 29.8 Å². The minimum absolute atomic E-state index is 0.172. The first-order valence-corrected chi connectivity index (χ1v) is 8.65. The number of benzene rings is 1. The largest absolute Gasteiger partial charge is 0.478 e. The molecule has 24 heavy (non-hydrogen) atoms. The van der Waals surface area contributed by atoms with Crippen LogP contribution in [0.1, 0.15) is 38.7 Å². The molecule has 0 aliphatic carbocycles. The lowest BCUT2D eigenvalue weighted by atomic mass is 10.00. The number of ether oxygens (including phenoxy) is 1. The van der Waals surface area contributed by atoms with Gasteiger partial charge in [0.25, 0.3) is 10.7 Å². The molecule has 2 aromatic rings. The summed E-state index contributed by atoms with van der Waals surface area (Å²) in [6, 6.07) is 6.27. The van der Waals surface area contributed by atoms with E-state index in [0.717, 1.165) is 19.0 Å². The fraction of sp³-hybridized carbons (Fsp3) is 0.529. The molecule has 1 aromatic heterocycles. The van der Waals surface area contributed by atoms with E-state index >= 15 is 0 Å². The standard InChI is InChI=1S/C17H22FN3O2S/c1-12-7-9-20(10-8-12)11-21-17(24)23-16(19-21)13(2)22-15-6-4-3-5-14(15)18/h3-6,12-13H,7-11H2,1-2H3/t13-/m1/s1. The zero-order chi connectivity index (χ0) is 17.1. The number of likely N-dealkylation sites (tertiary alicyclic amines) is 1. The summed E-state index contributed by atoms with van der Waals surface area (Å²) in [4.78, 5) is 2.62. The maximum Gasteiger partial charge on any atom is 0.288 e. The fourth-order valence-electron chi connectivity index (χ4n) is 2.75. The molecular weight excluding hydrogens is 329 g/mol. The van der Waals surface area contributed by atoms with Gasteiger partial charge in [0, 0.05) is 13.1 Å². The van der Waals surface area contributed by atoms with Crippen LogP contribution in [0.25, 0.3) is 0 Å². The minimum atomic E-state index is -0.522. The summed E-state index contributed by atoms with van der Waals surface area (Å²) < 4.78 is 26.5. The van der Waals surface area contributed by atoms with Crippen LogP contribution in [0.4, 0.5) is 4.39 Å². The number of aromatic nitrogens is 2. The molecule has 0 spiro atoms. The lowest BCUT2D eigenvalue weighted by Gasteiger charge is -2.29.